The number of rotatable bonds is 4. The molecule has 1 aliphatic carbocycles. The molecule has 3 unspecified atom stereocenters. The molecule has 1 aromatic rings. The van der Waals surface area contributed by atoms with Crippen molar-refractivity contribution in [2.24, 2.45) is 5.92 Å². The molecule has 1 fully saturated rings. The van der Waals surface area contributed by atoms with Gasteiger partial charge >= 0.3 is 0 Å². The molecule has 3 atom stereocenters. The zero-order valence-corrected chi connectivity index (χ0v) is 8.95. The number of hydrogen-bond donors (Lipinski definition) is 1. The van der Waals surface area contributed by atoms with Crippen molar-refractivity contribution in [3.05, 3.63) is 11.7 Å². The number of nitrogens with zero attached hydrogens (tertiary/aromatic N) is 2. The third-order valence-corrected chi connectivity index (χ3v) is 2.78. The summed E-state index contributed by atoms with van der Waals surface area (Å²) >= 11 is 0. The van der Waals surface area contributed by atoms with E-state index >= 15 is 0 Å². The van der Waals surface area contributed by atoms with Crippen molar-refractivity contribution in [2.75, 3.05) is 6.54 Å². The topological polar surface area (TPSA) is 51.0 Å². The van der Waals surface area contributed by atoms with Crippen LogP contribution >= 0.6 is 0 Å². The SMILES string of the molecule is CCNC(C)c1nc(C2CC2C)no1. The van der Waals surface area contributed by atoms with Gasteiger partial charge in [-0.1, -0.05) is 19.0 Å². The summed E-state index contributed by atoms with van der Waals surface area (Å²) in [7, 11) is 0. The van der Waals surface area contributed by atoms with Crippen LogP contribution < -0.4 is 5.32 Å². The maximum atomic E-state index is 5.20. The summed E-state index contributed by atoms with van der Waals surface area (Å²) < 4.78 is 5.20. The van der Waals surface area contributed by atoms with Gasteiger partial charge in [-0.15, -0.1) is 0 Å². The van der Waals surface area contributed by atoms with Crippen molar-refractivity contribution in [1.82, 2.24) is 15.5 Å². The van der Waals surface area contributed by atoms with Gasteiger partial charge in [0.25, 0.3) is 0 Å². The van der Waals surface area contributed by atoms with Crippen LogP contribution in [0.15, 0.2) is 4.52 Å². The van der Waals surface area contributed by atoms with Crippen LogP contribution in [0.5, 0.6) is 0 Å². The van der Waals surface area contributed by atoms with Crippen molar-refractivity contribution in [2.45, 2.75) is 39.2 Å². The van der Waals surface area contributed by atoms with Crippen LogP contribution in [0.4, 0.5) is 0 Å². The molecule has 0 aliphatic heterocycles. The van der Waals surface area contributed by atoms with Gasteiger partial charge in [-0.2, -0.15) is 4.98 Å². The van der Waals surface area contributed by atoms with E-state index in [0.717, 1.165) is 18.3 Å². The molecule has 2 rings (SSSR count). The van der Waals surface area contributed by atoms with Crippen LogP contribution in [0.3, 0.4) is 0 Å². The van der Waals surface area contributed by atoms with Gasteiger partial charge in [0, 0.05) is 5.92 Å². The molecule has 78 valence electrons. The Morgan fingerprint density at radius 3 is 2.93 bits per heavy atom. The predicted molar refractivity (Wildman–Crippen MR) is 52.9 cm³/mol. The second-order valence-corrected chi connectivity index (χ2v) is 4.09. The van der Waals surface area contributed by atoms with E-state index in [-0.39, 0.29) is 6.04 Å². The number of hydrogen-bond acceptors (Lipinski definition) is 4. The highest BCUT2D eigenvalue weighted by Crippen LogP contribution is 2.45. The molecule has 14 heavy (non-hydrogen) atoms. The molecular formula is C10H17N3O. The first-order valence-electron chi connectivity index (χ1n) is 5.29. The highest BCUT2D eigenvalue weighted by atomic mass is 16.5. The van der Waals surface area contributed by atoms with Gasteiger partial charge in [0.05, 0.1) is 6.04 Å². The molecule has 1 heterocycles. The van der Waals surface area contributed by atoms with Crippen LogP contribution in [-0.4, -0.2) is 16.7 Å². The standard InChI is InChI=1S/C10H17N3O/c1-4-11-7(3)10-12-9(13-14-10)8-5-6(8)2/h6-8,11H,4-5H2,1-3H3. The number of aromatic nitrogens is 2. The summed E-state index contributed by atoms with van der Waals surface area (Å²) in [6, 6.07) is 0.162. The zero-order valence-electron chi connectivity index (χ0n) is 8.95. The fraction of sp³-hybridized carbons (Fsp3) is 0.800. The molecule has 1 aliphatic rings. The molecule has 0 spiro atoms. The summed E-state index contributed by atoms with van der Waals surface area (Å²) in [6.07, 6.45) is 1.20. The minimum atomic E-state index is 0.162. The monoisotopic (exact) mass is 195 g/mol. The van der Waals surface area contributed by atoms with E-state index in [4.69, 9.17) is 4.52 Å². The van der Waals surface area contributed by atoms with E-state index in [1.807, 2.05) is 6.92 Å². The molecule has 4 nitrogen and oxygen atoms in total. The van der Waals surface area contributed by atoms with E-state index in [0.29, 0.717) is 11.8 Å². The molecular weight excluding hydrogens is 178 g/mol. The molecule has 0 amide bonds. The highest BCUT2D eigenvalue weighted by molar-refractivity contribution is 5.08. The van der Waals surface area contributed by atoms with Crippen molar-refractivity contribution in [3.8, 4) is 0 Å². The highest BCUT2D eigenvalue weighted by Gasteiger charge is 2.38. The molecule has 1 N–H and O–H groups in total. The Balaban J connectivity index is 2.02. The minimum absolute atomic E-state index is 0.162. The van der Waals surface area contributed by atoms with Gasteiger partial charge in [-0.25, -0.2) is 0 Å². The largest absolute Gasteiger partial charge is 0.338 e. The average Bonchev–Trinajstić information content (AvgIpc) is 2.70. The van der Waals surface area contributed by atoms with Gasteiger partial charge < -0.3 is 9.84 Å². The molecule has 0 radical (unpaired) electrons. The third kappa shape index (κ3) is 1.80. The molecule has 0 bridgehead atoms. The lowest BCUT2D eigenvalue weighted by molar-refractivity contribution is 0.338. The Morgan fingerprint density at radius 1 is 1.64 bits per heavy atom. The summed E-state index contributed by atoms with van der Waals surface area (Å²) in [6.45, 7) is 7.24. The van der Waals surface area contributed by atoms with Gasteiger partial charge in [0.15, 0.2) is 5.82 Å². The second-order valence-electron chi connectivity index (χ2n) is 4.09. The Labute approximate surface area is 84.1 Å². The fourth-order valence-corrected chi connectivity index (χ4v) is 1.65. The van der Waals surface area contributed by atoms with Crippen molar-refractivity contribution in [3.63, 3.8) is 0 Å². The second kappa shape index (κ2) is 3.69. The first-order chi connectivity index (χ1) is 6.72. The van der Waals surface area contributed by atoms with Crippen molar-refractivity contribution >= 4 is 0 Å². The van der Waals surface area contributed by atoms with Crippen molar-refractivity contribution in [1.29, 1.82) is 0 Å². The van der Waals surface area contributed by atoms with Gasteiger partial charge in [0.1, 0.15) is 0 Å². The summed E-state index contributed by atoms with van der Waals surface area (Å²) in [5, 5.41) is 7.26. The quantitative estimate of drug-likeness (QED) is 0.796. The maximum absolute atomic E-state index is 5.20. The van der Waals surface area contributed by atoms with E-state index < -0.39 is 0 Å². The average molecular weight is 195 g/mol. The fourth-order valence-electron chi connectivity index (χ4n) is 1.65. The summed E-state index contributed by atoms with van der Waals surface area (Å²) in [4.78, 5) is 4.40. The van der Waals surface area contributed by atoms with E-state index in [9.17, 15) is 0 Å². The molecule has 1 aromatic heterocycles. The molecule has 0 saturated heterocycles. The maximum Gasteiger partial charge on any atom is 0.243 e. The predicted octanol–water partition coefficient (Wildman–Crippen LogP) is 1.86. The van der Waals surface area contributed by atoms with Crippen LogP contribution in [0, 0.1) is 5.92 Å². The van der Waals surface area contributed by atoms with Gasteiger partial charge in [-0.05, 0) is 25.8 Å². The van der Waals surface area contributed by atoms with Gasteiger partial charge in [-0.3, -0.25) is 0 Å². The smallest absolute Gasteiger partial charge is 0.243 e. The zero-order chi connectivity index (χ0) is 10.1. The van der Waals surface area contributed by atoms with E-state index in [2.05, 4.69) is 29.3 Å². The van der Waals surface area contributed by atoms with Gasteiger partial charge in [0.2, 0.25) is 5.89 Å². The lowest BCUT2D eigenvalue weighted by Crippen LogP contribution is -2.17. The summed E-state index contributed by atoms with van der Waals surface area (Å²) in [5.74, 6) is 2.87. The Bertz CT molecular complexity index is 310. The van der Waals surface area contributed by atoms with Crippen LogP contribution in [0.25, 0.3) is 0 Å². The van der Waals surface area contributed by atoms with E-state index in [1.165, 1.54) is 6.42 Å². The first-order valence-corrected chi connectivity index (χ1v) is 5.29. The Kier molecular flexibility index (Phi) is 2.54. The lowest BCUT2D eigenvalue weighted by atomic mass is 10.3. The first kappa shape index (κ1) is 9.65. The number of nitrogens with one attached hydrogen (secondary N) is 1. The minimum Gasteiger partial charge on any atom is -0.338 e. The van der Waals surface area contributed by atoms with Crippen molar-refractivity contribution < 1.29 is 4.52 Å². The Morgan fingerprint density at radius 2 is 2.36 bits per heavy atom. The van der Waals surface area contributed by atoms with E-state index in [1.54, 1.807) is 0 Å². The molecule has 4 heteroatoms. The summed E-state index contributed by atoms with van der Waals surface area (Å²) in [5.41, 5.74) is 0. The van der Waals surface area contributed by atoms with Crippen LogP contribution in [-0.2, 0) is 0 Å². The van der Waals surface area contributed by atoms with Crippen LogP contribution in [0.1, 0.15) is 50.9 Å². The lowest BCUT2D eigenvalue weighted by Gasteiger charge is -2.04. The van der Waals surface area contributed by atoms with Crippen LogP contribution in [0.2, 0.25) is 0 Å². The molecule has 0 aromatic carbocycles. The Hall–Kier alpha value is -0.900. The molecule has 1 saturated carbocycles. The third-order valence-electron chi connectivity index (χ3n) is 2.78. The normalized spacial score (nSPS) is 27.6.